The number of non-ortho nitro benzene ring substituents is 1. The number of likely N-dealkylation sites (tertiary alicyclic amines) is 1. The number of hydrogen-bond donors (Lipinski definition) is 2. The highest BCUT2D eigenvalue weighted by atomic mass is 32.1. The molecule has 1 aliphatic rings. The zero-order chi connectivity index (χ0) is 19.1. The van der Waals surface area contributed by atoms with E-state index in [9.17, 15) is 19.7 Å². The molecule has 0 saturated carbocycles. The monoisotopic (exact) mass is 382 g/mol. The molecule has 0 aromatic heterocycles. The Hall–Kier alpha value is -2.82. The summed E-state index contributed by atoms with van der Waals surface area (Å²) in [6, 6.07) is 5.70. The molecule has 1 fully saturated rings. The average molecular weight is 382 g/mol. The van der Waals surface area contributed by atoms with E-state index in [4.69, 9.17) is 9.57 Å². The van der Waals surface area contributed by atoms with Crippen molar-refractivity contribution in [2.45, 2.75) is 18.3 Å². The van der Waals surface area contributed by atoms with Gasteiger partial charge in [0.05, 0.1) is 4.92 Å². The lowest BCUT2D eigenvalue weighted by Crippen LogP contribution is -2.33. The Morgan fingerprint density at radius 2 is 2.12 bits per heavy atom. The first-order valence-electron chi connectivity index (χ1n) is 7.65. The number of benzene rings is 1. The molecule has 0 bridgehead atoms. The van der Waals surface area contributed by atoms with Gasteiger partial charge >= 0.3 is 6.09 Å². The molecule has 1 heterocycles. The summed E-state index contributed by atoms with van der Waals surface area (Å²) in [5, 5.41) is 16.7. The van der Waals surface area contributed by atoms with E-state index in [-0.39, 0.29) is 30.1 Å². The first-order valence-corrected chi connectivity index (χ1v) is 8.17. The van der Waals surface area contributed by atoms with Crippen molar-refractivity contribution in [3.8, 4) is 0 Å². The third-order valence-corrected chi connectivity index (χ3v) is 3.84. The third kappa shape index (κ3) is 5.34. The van der Waals surface area contributed by atoms with Crippen LogP contribution in [0.25, 0.3) is 0 Å². The summed E-state index contributed by atoms with van der Waals surface area (Å²) in [5.41, 5.74) is 0.570. The summed E-state index contributed by atoms with van der Waals surface area (Å²) in [6.07, 6.45) is -0.245. The van der Waals surface area contributed by atoms with Crippen molar-refractivity contribution in [1.82, 2.24) is 10.2 Å². The second-order valence-corrected chi connectivity index (χ2v) is 6.13. The molecular weight excluding hydrogens is 364 g/mol. The first kappa shape index (κ1) is 19.5. The number of rotatable bonds is 6. The molecule has 1 aromatic carbocycles. The molecule has 0 radical (unpaired) electrons. The molecule has 11 heteroatoms. The maximum absolute atomic E-state index is 12.2. The van der Waals surface area contributed by atoms with E-state index in [1.807, 2.05) is 0 Å². The van der Waals surface area contributed by atoms with Gasteiger partial charge in [-0.15, -0.1) is 0 Å². The number of likely N-dealkylation sites (N-methyl/N-ethyl adjacent to an activating group) is 1. The number of nitrogens with zero attached hydrogens (tertiary/aromatic N) is 3. The number of amidine groups is 1. The molecule has 140 valence electrons. The van der Waals surface area contributed by atoms with Gasteiger partial charge in [-0.1, -0.05) is 5.16 Å². The highest BCUT2D eigenvalue weighted by molar-refractivity contribution is 7.81. The van der Waals surface area contributed by atoms with Gasteiger partial charge in [0.15, 0.2) is 12.4 Å². The van der Waals surface area contributed by atoms with Gasteiger partial charge in [0.1, 0.15) is 6.61 Å². The second kappa shape index (κ2) is 9.04. The minimum atomic E-state index is -0.637. The fourth-order valence-electron chi connectivity index (χ4n) is 2.14. The number of oxime groups is 1. The third-order valence-electron chi connectivity index (χ3n) is 3.50. The van der Waals surface area contributed by atoms with Crippen LogP contribution in [0.1, 0.15) is 12.0 Å². The molecule has 0 spiro atoms. The van der Waals surface area contributed by atoms with Crippen LogP contribution < -0.4 is 5.32 Å². The van der Waals surface area contributed by atoms with Crippen molar-refractivity contribution >= 4 is 36.2 Å². The minimum Gasteiger partial charge on any atom is -0.444 e. The number of thiol groups is 1. The Labute approximate surface area is 154 Å². The van der Waals surface area contributed by atoms with Crippen LogP contribution in [0, 0.1) is 10.1 Å². The van der Waals surface area contributed by atoms with E-state index in [0.29, 0.717) is 24.4 Å². The summed E-state index contributed by atoms with van der Waals surface area (Å²) in [4.78, 5) is 39.7. The van der Waals surface area contributed by atoms with Crippen LogP contribution in [-0.2, 0) is 21.0 Å². The Bertz CT molecular complexity index is 709. The van der Waals surface area contributed by atoms with Gasteiger partial charge in [0.2, 0.25) is 0 Å². The molecule has 1 saturated heterocycles. The summed E-state index contributed by atoms with van der Waals surface area (Å²) >= 11 is 4.33. The van der Waals surface area contributed by atoms with Crippen LogP contribution in [0.5, 0.6) is 0 Å². The lowest BCUT2D eigenvalue weighted by atomic mass is 10.2. The maximum Gasteiger partial charge on any atom is 0.415 e. The zero-order valence-electron chi connectivity index (χ0n) is 14.0. The molecular formula is C15H18N4O6S. The van der Waals surface area contributed by atoms with Crippen molar-refractivity contribution in [3.63, 3.8) is 0 Å². The molecule has 0 aliphatic carbocycles. The fraction of sp³-hybridized carbons (Fsp3) is 0.400. The van der Waals surface area contributed by atoms with Crippen LogP contribution >= 0.6 is 12.6 Å². The van der Waals surface area contributed by atoms with Gasteiger partial charge in [-0.3, -0.25) is 19.8 Å². The number of ether oxygens (including phenoxy) is 1. The highest BCUT2D eigenvalue weighted by Gasteiger charge is 2.32. The fourth-order valence-corrected chi connectivity index (χ4v) is 2.47. The average Bonchev–Trinajstić information content (AvgIpc) is 3.00. The highest BCUT2D eigenvalue weighted by Crippen LogP contribution is 2.19. The normalized spacial score (nSPS) is 17.8. The Kier molecular flexibility index (Phi) is 6.78. The summed E-state index contributed by atoms with van der Waals surface area (Å²) in [7, 11) is 1.47. The van der Waals surface area contributed by atoms with Crippen molar-refractivity contribution in [2.24, 2.45) is 5.16 Å². The van der Waals surface area contributed by atoms with Gasteiger partial charge in [-0.05, 0) is 17.7 Å². The topological polar surface area (TPSA) is 123 Å². The molecule has 26 heavy (non-hydrogen) atoms. The second-order valence-electron chi connectivity index (χ2n) is 5.40. The van der Waals surface area contributed by atoms with E-state index in [1.165, 1.54) is 36.2 Å². The zero-order valence-corrected chi connectivity index (χ0v) is 14.8. The molecule has 1 N–H and O–H groups in total. The SMILES string of the molecule is CNC(=O)CON=C1C[C@H](S)CN1C(=O)OCc1ccc([N+](=O)[O-])cc1. The molecule has 10 nitrogen and oxygen atoms in total. The Balaban J connectivity index is 1.92. The van der Waals surface area contributed by atoms with Crippen LogP contribution in [0.4, 0.5) is 10.5 Å². The number of nitrogens with one attached hydrogen (secondary N) is 1. The quantitative estimate of drug-likeness (QED) is 0.434. The van der Waals surface area contributed by atoms with Crippen molar-refractivity contribution in [3.05, 3.63) is 39.9 Å². The summed E-state index contributed by atoms with van der Waals surface area (Å²) in [6.45, 7) is -0.00968. The van der Waals surface area contributed by atoms with Crippen molar-refractivity contribution in [2.75, 3.05) is 20.2 Å². The van der Waals surface area contributed by atoms with Gasteiger partial charge in [-0.2, -0.15) is 12.6 Å². The summed E-state index contributed by atoms with van der Waals surface area (Å²) in [5.74, 6) is -0.0235. The molecule has 2 amide bonds. The van der Waals surface area contributed by atoms with Crippen LogP contribution in [0.2, 0.25) is 0 Å². The number of nitro benzene ring substituents is 1. The van der Waals surface area contributed by atoms with Gasteiger partial charge in [0, 0.05) is 37.4 Å². The largest absolute Gasteiger partial charge is 0.444 e. The first-order chi connectivity index (χ1) is 12.4. The molecule has 1 aliphatic heterocycles. The van der Waals surface area contributed by atoms with Crippen LogP contribution in [0.15, 0.2) is 29.4 Å². The minimum absolute atomic E-state index is 0.0415. The maximum atomic E-state index is 12.2. The molecule has 2 rings (SSSR count). The van der Waals surface area contributed by atoms with Crippen molar-refractivity contribution < 1.29 is 24.1 Å². The molecule has 1 aromatic rings. The number of nitro groups is 1. The van der Waals surface area contributed by atoms with Gasteiger partial charge in [-0.25, -0.2) is 4.79 Å². The van der Waals surface area contributed by atoms with E-state index in [2.05, 4.69) is 23.1 Å². The molecule has 0 unspecified atom stereocenters. The Morgan fingerprint density at radius 3 is 2.73 bits per heavy atom. The smallest absolute Gasteiger partial charge is 0.415 e. The Morgan fingerprint density at radius 1 is 1.42 bits per heavy atom. The van der Waals surface area contributed by atoms with E-state index in [1.54, 1.807) is 0 Å². The van der Waals surface area contributed by atoms with Gasteiger partial charge in [0.25, 0.3) is 11.6 Å². The number of amides is 2. The van der Waals surface area contributed by atoms with E-state index < -0.39 is 11.0 Å². The number of carbonyl (C=O) groups is 2. The molecule has 1 atom stereocenters. The van der Waals surface area contributed by atoms with Crippen LogP contribution in [0.3, 0.4) is 0 Å². The van der Waals surface area contributed by atoms with E-state index >= 15 is 0 Å². The standard InChI is InChI=1S/C15H18N4O6S/c1-16-14(20)9-25-17-13-6-12(26)7-18(13)15(21)24-8-10-2-4-11(5-3-10)19(22)23/h2-5,12,26H,6-9H2,1H3,(H,16,20)/t12-/m0/s1. The predicted molar refractivity (Wildman–Crippen MR) is 94.8 cm³/mol. The number of hydrogen-bond acceptors (Lipinski definition) is 8. The van der Waals surface area contributed by atoms with Gasteiger partial charge < -0.3 is 14.9 Å². The lowest BCUT2D eigenvalue weighted by Gasteiger charge is -2.16. The lowest BCUT2D eigenvalue weighted by molar-refractivity contribution is -0.384. The summed E-state index contributed by atoms with van der Waals surface area (Å²) < 4.78 is 5.21. The van der Waals surface area contributed by atoms with Crippen LogP contribution in [-0.4, -0.2) is 53.1 Å². The van der Waals surface area contributed by atoms with E-state index in [0.717, 1.165) is 0 Å². The van der Waals surface area contributed by atoms with Crippen molar-refractivity contribution in [1.29, 1.82) is 0 Å². The predicted octanol–water partition coefficient (Wildman–Crippen LogP) is 1.31. The number of carbonyl (C=O) groups excluding carboxylic acids is 2.